The van der Waals surface area contributed by atoms with E-state index in [9.17, 15) is 9.59 Å². The molecule has 2 aliphatic heterocycles. The Morgan fingerprint density at radius 1 is 0.585 bits per heavy atom. The zero-order chi connectivity index (χ0) is 36.7. The summed E-state index contributed by atoms with van der Waals surface area (Å²) in [6.07, 6.45) is 2.28. The van der Waals surface area contributed by atoms with Gasteiger partial charge in [-0.3, -0.25) is 19.3 Å². The minimum atomic E-state index is -1.09. The van der Waals surface area contributed by atoms with Crippen molar-refractivity contribution in [2.45, 2.75) is 44.2 Å². The third-order valence-electron chi connectivity index (χ3n) is 10.8. The Kier molecular flexibility index (Phi) is 8.50. The van der Waals surface area contributed by atoms with E-state index in [0.29, 0.717) is 11.1 Å². The Morgan fingerprint density at radius 3 is 1.53 bits per heavy atom. The zero-order valence-corrected chi connectivity index (χ0v) is 30.1. The summed E-state index contributed by atoms with van der Waals surface area (Å²) in [6.45, 7) is 6.11. The summed E-state index contributed by atoms with van der Waals surface area (Å²) in [6, 6.07) is 53.2. The van der Waals surface area contributed by atoms with E-state index in [1.54, 1.807) is 24.3 Å². The normalized spacial score (nSPS) is 15.4. The molecule has 0 aliphatic carbocycles. The molecule has 2 aliphatic rings. The lowest BCUT2D eigenvalue weighted by Gasteiger charge is -2.45. The largest absolute Gasteiger partial charge is 0.301 e. The summed E-state index contributed by atoms with van der Waals surface area (Å²) in [5, 5.41) is 0. The molecule has 1 atom stereocenters. The molecule has 6 aromatic carbocycles. The highest BCUT2D eigenvalue weighted by Gasteiger charge is 2.48. The molecule has 5 nitrogen and oxygen atoms in total. The predicted molar refractivity (Wildman–Crippen MR) is 211 cm³/mol. The van der Waals surface area contributed by atoms with Gasteiger partial charge in [-0.05, 0) is 72.4 Å². The van der Waals surface area contributed by atoms with Crippen LogP contribution in [0.2, 0.25) is 0 Å². The number of anilines is 1. The van der Waals surface area contributed by atoms with Gasteiger partial charge >= 0.3 is 0 Å². The second-order valence-electron chi connectivity index (χ2n) is 14.5. The molecule has 0 bridgehead atoms. The van der Waals surface area contributed by atoms with E-state index >= 15 is 4.79 Å². The molecule has 53 heavy (non-hydrogen) atoms. The summed E-state index contributed by atoms with van der Waals surface area (Å²) in [7, 11) is 0. The molecule has 5 heteroatoms. The molecule has 0 saturated heterocycles. The Labute approximate surface area is 310 Å². The number of hydrogen-bond donors (Lipinski definition) is 0. The van der Waals surface area contributed by atoms with Crippen molar-refractivity contribution in [1.82, 2.24) is 4.90 Å². The first kappa shape index (κ1) is 33.8. The van der Waals surface area contributed by atoms with Gasteiger partial charge in [0.1, 0.15) is 6.04 Å². The van der Waals surface area contributed by atoms with Gasteiger partial charge in [0, 0.05) is 12.0 Å². The fourth-order valence-corrected chi connectivity index (χ4v) is 8.50. The van der Waals surface area contributed by atoms with E-state index in [1.807, 2.05) is 67.3 Å². The lowest BCUT2D eigenvalue weighted by molar-refractivity contribution is -0.123. The highest BCUT2D eigenvalue weighted by molar-refractivity contribution is 6.23. The third-order valence-corrected chi connectivity index (χ3v) is 10.8. The van der Waals surface area contributed by atoms with E-state index in [2.05, 4.69) is 104 Å². The molecule has 0 aromatic heterocycles. The number of nitrogens with zero attached hydrogens (tertiary/aromatic N) is 2. The second-order valence-corrected chi connectivity index (χ2v) is 14.5. The van der Waals surface area contributed by atoms with Crippen molar-refractivity contribution in [1.29, 1.82) is 0 Å². The highest BCUT2D eigenvalue weighted by Crippen LogP contribution is 2.49. The molecule has 0 spiro atoms. The van der Waals surface area contributed by atoms with Gasteiger partial charge in [-0.1, -0.05) is 152 Å². The monoisotopic (exact) mass is 692 g/mol. The lowest BCUT2D eigenvalue weighted by atomic mass is 9.64. The molecule has 0 saturated carbocycles. The first-order valence-electron chi connectivity index (χ1n) is 18.1. The lowest BCUT2D eigenvalue weighted by Crippen LogP contribution is -2.58. The van der Waals surface area contributed by atoms with Gasteiger partial charge in [0.2, 0.25) is 0 Å². The molecule has 0 fully saturated rings. The maximum absolute atomic E-state index is 15.5. The van der Waals surface area contributed by atoms with Crippen LogP contribution >= 0.6 is 0 Å². The van der Waals surface area contributed by atoms with Crippen LogP contribution in [0.4, 0.5) is 5.69 Å². The summed E-state index contributed by atoms with van der Waals surface area (Å²) in [5.41, 5.74) is 6.92. The molecule has 0 unspecified atom stereocenters. The van der Waals surface area contributed by atoms with Crippen LogP contribution in [0.5, 0.6) is 0 Å². The number of fused-ring (bicyclic) bond motifs is 2. The average Bonchev–Trinajstić information content (AvgIpc) is 3.44. The Balaban J connectivity index is 1.35. The van der Waals surface area contributed by atoms with Gasteiger partial charge in [-0.15, -0.1) is 0 Å². The zero-order valence-electron chi connectivity index (χ0n) is 30.1. The Bertz CT molecular complexity index is 2230. The van der Waals surface area contributed by atoms with Gasteiger partial charge in [-0.25, -0.2) is 0 Å². The first-order valence-corrected chi connectivity index (χ1v) is 18.1. The quantitative estimate of drug-likeness (QED) is 0.118. The molecule has 6 aromatic rings. The van der Waals surface area contributed by atoms with Crippen molar-refractivity contribution in [2.24, 2.45) is 0 Å². The first-order chi connectivity index (χ1) is 25.7. The highest BCUT2D eigenvalue weighted by atomic mass is 16.2. The maximum Gasteiger partial charge on any atom is 0.262 e. The maximum atomic E-state index is 15.5. The van der Waals surface area contributed by atoms with Crippen LogP contribution in [0.1, 0.15) is 74.9 Å². The fourth-order valence-electron chi connectivity index (χ4n) is 8.50. The van der Waals surface area contributed by atoms with E-state index < -0.39 is 28.8 Å². The van der Waals surface area contributed by atoms with Crippen molar-refractivity contribution in [2.75, 3.05) is 4.90 Å². The molecule has 0 N–H and O–H groups in total. The standard InChI is InChI=1S/C48H40N2O3/c1-33-32-47(2,3)50(46(53)43(30-34-18-8-4-9-19-34)49-44(51)40-26-16-17-27-41(40)45(49)52)42-31-38(28-29-39(33)42)48(35-20-10-5-11-21-35,36-22-12-6-13-23-36)37-24-14-7-15-25-37/h4-29,31-32,43H,30H2,1-3H3/t43-/m0/s1. The van der Waals surface area contributed by atoms with Crippen molar-refractivity contribution >= 4 is 29.0 Å². The van der Waals surface area contributed by atoms with Crippen LogP contribution in [-0.4, -0.2) is 34.2 Å². The van der Waals surface area contributed by atoms with Crippen LogP contribution in [0.15, 0.2) is 170 Å². The van der Waals surface area contributed by atoms with Crippen molar-refractivity contribution in [3.63, 3.8) is 0 Å². The number of imide groups is 1. The number of allylic oxidation sites excluding steroid dienone is 1. The van der Waals surface area contributed by atoms with Gasteiger partial charge in [0.25, 0.3) is 17.7 Å². The molecule has 3 amide bonds. The third kappa shape index (κ3) is 5.60. The van der Waals surface area contributed by atoms with Crippen LogP contribution in [-0.2, 0) is 16.6 Å². The fraction of sp³-hybridized carbons (Fsp3) is 0.146. The molecular weight excluding hydrogens is 653 g/mol. The Morgan fingerprint density at radius 2 is 1.04 bits per heavy atom. The van der Waals surface area contributed by atoms with E-state index in [4.69, 9.17) is 0 Å². The predicted octanol–water partition coefficient (Wildman–Crippen LogP) is 9.51. The topological polar surface area (TPSA) is 57.7 Å². The average molecular weight is 693 g/mol. The summed E-state index contributed by atoms with van der Waals surface area (Å²) >= 11 is 0. The van der Waals surface area contributed by atoms with E-state index in [-0.39, 0.29) is 12.3 Å². The van der Waals surface area contributed by atoms with Crippen LogP contribution < -0.4 is 4.90 Å². The van der Waals surface area contributed by atoms with Gasteiger partial charge in [-0.2, -0.15) is 0 Å². The summed E-state index contributed by atoms with van der Waals surface area (Å²) < 4.78 is 0. The van der Waals surface area contributed by atoms with Crippen molar-refractivity contribution in [3.05, 3.63) is 214 Å². The smallest absolute Gasteiger partial charge is 0.262 e. The molecule has 260 valence electrons. The molecule has 0 radical (unpaired) electrons. The molecule has 8 rings (SSSR count). The summed E-state index contributed by atoms with van der Waals surface area (Å²) in [5.74, 6) is -1.22. The number of carbonyl (C=O) groups is 3. The van der Waals surface area contributed by atoms with Crippen LogP contribution in [0.25, 0.3) is 5.57 Å². The second kappa shape index (κ2) is 13.3. The van der Waals surface area contributed by atoms with Gasteiger partial charge in [0.05, 0.1) is 27.8 Å². The number of hydrogen-bond acceptors (Lipinski definition) is 3. The SMILES string of the molecule is CC1=CC(C)(C)N(C(=O)[C@H](Cc2ccccc2)N2C(=O)c3ccccc3C2=O)c2cc(C(c3ccccc3)(c3ccccc3)c3ccccc3)ccc21. The molecular formula is C48H40N2O3. The number of benzene rings is 6. The number of carbonyl (C=O) groups excluding carboxylic acids is 3. The van der Waals surface area contributed by atoms with Crippen LogP contribution in [0, 0.1) is 0 Å². The Hall–Kier alpha value is -6.33. The number of amides is 3. The van der Waals surface area contributed by atoms with Crippen molar-refractivity contribution in [3.8, 4) is 0 Å². The number of rotatable bonds is 8. The minimum absolute atomic E-state index is 0.178. The van der Waals surface area contributed by atoms with Crippen molar-refractivity contribution < 1.29 is 14.4 Å². The summed E-state index contributed by atoms with van der Waals surface area (Å²) in [4.78, 5) is 46.7. The minimum Gasteiger partial charge on any atom is -0.301 e. The van der Waals surface area contributed by atoms with E-state index in [1.165, 1.54) is 4.90 Å². The van der Waals surface area contributed by atoms with Gasteiger partial charge < -0.3 is 4.90 Å². The van der Waals surface area contributed by atoms with Crippen LogP contribution in [0.3, 0.4) is 0 Å². The molecule has 2 heterocycles. The van der Waals surface area contributed by atoms with Gasteiger partial charge in [0.15, 0.2) is 0 Å². The van der Waals surface area contributed by atoms with E-state index in [0.717, 1.165) is 44.6 Å².